The summed E-state index contributed by atoms with van der Waals surface area (Å²) in [7, 11) is -2.41. The molecular formula is C11H16N2O4S. The van der Waals surface area contributed by atoms with Gasteiger partial charge in [-0.05, 0) is 12.5 Å². The molecule has 0 amide bonds. The van der Waals surface area contributed by atoms with Crippen LogP contribution in [0.15, 0.2) is 30.3 Å². The molecule has 0 fully saturated rings. The van der Waals surface area contributed by atoms with Gasteiger partial charge in [-0.25, -0.2) is 0 Å². The first-order valence-corrected chi connectivity index (χ1v) is 6.77. The first-order chi connectivity index (χ1) is 8.33. The van der Waals surface area contributed by atoms with Crippen molar-refractivity contribution in [2.24, 2.45) is 0 Å². The van der Waals surface area contributed by atoms with Crippen LogP contribution in [0.2, 0.25) is 0 Å². The Kier molecular flexibility index (Phi) is 4.83. The van der Waals surface area contributed by atoms with Gasteiger partial charge in [0, 0.05) is 13.6 Å². The number of hydrogen-bond acceptors (Lipinski definition) is 3. The van der Waals surface area contributed by atoms with Gasteiger partial charge in [0.05, 0.1) is 0 Å². The zero-order valence-electron chi connectivity index (χ0n) is 10.2. The van der Waals surface area contributed by atoms with Gasteiger partial charge in [0.2, 0.25) is 0 Å². The fraction of sp³-hybridized carbons (Fsp3) is 0.364. The molecule has 0 saturated heterocycles. The number of carbonyl (C=O) groups is 1. The number of aliphatic carboxylic acids is 1. The monoisotopic (exact) mass is 272 g/mol. The lowest BCUT2D eigenvalue weighted by molar-refractivity contribution is -0.138. The first-order valence-electron chi connectivity index (χ1n) is 5.33. The fourth-order valence-corrected chi connectivity index (χ4v) is 2.34. The summed E-state index contributed by atoms with van der Waals surface area (Å²) in [5, 5.41) is 8.67. The van der Waals surface area contributed by atoms with Crippen molar-refractivity contribution in [3.63, 3.8) is 0 Å². The highest BCUT2D eigenvalue weighted by Crippen LogP contribution is 2.06. The van der Waals surface area contributed by atoms with Crippen molar-refractivity contribution in [3.8, 4) is 0 Å². The number of hydrogen-bond donors (Lipinski definition) is 2. The zero-order valence-corrected chi connectivity index (χ0v) is 11.0. The SMILES string of the molecule is CC(NS(=O)(=O)N(C)Cc1ccccc1)C(=O)O. The Hall–Kier alpha value is -1.44. The van der Waals surface area contributed by atoms with Crippen molar-refractivity contribution in [2.45, 2.75) is 19.5 Å². The Morgan fingerprint density at radius 2 is 1.94 bits per heavy atom. The summed E-state index contributed by atoms with van der Waals surface area (Å²) in [4.78, 5) is 10.6. The van der Waals surface area contributed by atoms with Crippen molar-refractivity contribution >= 4 is 16.2 Å². The minimum absolute atomic E-state index is 0.183. The Labute approximate surface area is 106 Å². The summed E-state index contributed by atoms with van der Waals surface area (Å²) in [6, 6.07) is 7.89. The standard InChI is InChI=1S/C11H16N2O4S/c1-9(11(14)15)12-18(16,17)13(2)8-10-6-4-3-5-7-10/h3-7,9,12H,8H2,1-2H3,(H,14,15). The minimum Gasteiger partial charge on any atom is -0.480 e. The van der Waals surface area contributed by atoms with Gasteiger partial charge < -0.3 is 5.11 Å². The van der Waals surface area contributed by atoms with Gasteiger partial charge >= 0.3 is 5.97 Å². The largest absolute Gasteiger partial charge is 0.480 e. The van der Waals surface area contributed by atoms with Crippen molar-refractivity contribution in [2.75, 3.05) is 7.05 Å². The maximum absolute atomic E-state index is 11.8. The summed E-state index contributed by atoms with van der Waals surface area (Å²) in [6.07, 6.45) is 0. The van der Waals surface area contributed by atoms with Gasteiger partial charge in [-0.1, -0.05) is 30.3 Å². The van der Waals surface area contributed by atoms with Crippen LogP contribution in [0.5, 0.6) is 0 Å². The number of rotatable bonds is 6. The normalized spacial score (nSPS) is 13.5. The molecular weight excluding hydrogens is 256 g/mol. The van der Waals surface area contributed by atoms with Crippen LogP contribution in [0.3, 0.4) is 0 Å². The van der Waals surface area contributed by atoms with E-state index in [0.29, 0.717) is 0 Å². The third kappa shape index (κ3) is 4.10. The fourth-order valence-electron chi connectivity index (χ4n) is 1.29. The van der Waals surface area contributed by atoms with Crippen LogP contribution >= 0.6 is 0 Å². The molecule has 6 nitrogen and oxygen atoms in total. The second kappa shape index (κ2) is 5.94. The molecule has 0 heterocycles. The molecule has 0 spiro atoms. The molecule has 1 atom stereocenters. The number of nitrogens with one attached hydrogen (secondary N) is 1. The second-order valence-electron chi connectivity index (χ2n) is 3.92. The molecule has 0 aliphatic heterocycles. The second-order valence-corrected chi connectivity index (χ2v) is 5.73. The molecule has 2 N–H and O–H groups in total. The summed E-state index contributed by atoms with van der Waals surface area (Å²) in [6.45, 7) is 1.46. The van der Waals surface area contributed by atoms with Gasteiger partial charge in [-0.2, -0.15) is 17.4 Å². The third-order valence-electron chi connectivity index (χ3n) is 2.35. The van der Waals surface area contributed by atoms with E-state index < -0.39 is 22.2 Å². The van der Waals surface area contributed by atoms with E-state index in [1.807, 2.05) is 18.2 Å². The molecule has 0 bridgehead atoms. The van der Waals surface area contributed by atoms with Crippen LogP contribution in [0.25, 0.3) is 0 Å². The quantitative estimate of drug-likeness (QED) is 0.786. The molecule has 18 heavy (non-hydrogen) atoms. The summed E-state index contributed by atoms with van der Waals surface area (Å²) in [5.41, 5.74) is 0.827. The molecule has 0 aliphatic rings. The van der Waals surface area contributed by atoms with E-state index in [2.05, 4.69) is 4.72 Å². The molecule has 100 valence electrons. The Bertz CT molecular complexity index is 501. The number of benzene rings is 1. The lowest BCUT2D eigenvalue weighted by Gasteiger charge is -2.19. The topological polar surface area (TPSA) is 86.7 Å². The maximum atomic E-state index is 11.8. The average molecular weight is 272 g/mol. The van der Waals surface area contributed by atoms with Crippen LogP contribution in [0.4, 0.5) is 0 Å². The van der Waals surface area contributed by atoms with E-state index >= 15 is 0 Å². The predicted octanol–water partition coefficient (Wildman–Crippen LogP) is 0.426. The Morgan fingerprint density at radius 3 is 2.44 bits per heavy atom. The smallest absolute Gasteiger partial charge is 0.321 e. The summed E-state index contributed by atoms with van der Waals surface area (Å²) in [5.74, 6) is -1.22. The van der Waals surface area contributed by atoms with E-state index in [1.165, 1.54) is 14.0 Å². The van der Waals surface area contributed by atoms with Crippen molar-refractivity contribution in [1.29, 1.82) is 0 Å². The van der Waals surface area contributed by atoms with Gasteiger partial charge in [0.25, 0.3) is 10.2 Å². The van der Waals surface area contributed by atoms with Crippen molar-refractivity contribution in [1.82, 2.24) is 9.03 Å². The van der Waals surface area contributed by atoms with Gasteiger partial charge in [-0.3, -0.25) is 4.79 Å². The van der Waals surface area contributed by atoms with Crippen molar-refractivity contribution < 1.29 is 18.3 Å². The number of carboxylic acids is 1. The van der Waals surface area contributed by atoms with E-state index in [9.17, 15) is 13.2 Å². The highest BCUT2D eigenvalue weighted by atomic mass is 32.2. The summed E-state index contributed by atoms with van der Waals surface area (Å²) >= 11 is 0. The summed E-state index contributed by atoms with van der Waals surface area (Å²) < 4.78 is 26.7. The van der Waals surface area contributed by atoms with Crippen LogP contribution in [-0.4, -0.2) is 36.9 Å². The molecule has 1 aromatic carbocycles. The van der Waals surface area contributed by atoms with E-state index in [1.54, 1.807) is 12.1 Å². The molecule has 7 heteroatoms. The molecule has 1 aromatic rings. The van der Waals surface area contributed by atoms with Crippen LogP contribution in [0, 0.1) is 0 Å². The molecule has 0 radical (unpaired) electrons. The Balaban J connectivity index is 2.71. The van der Waals surface area contributed by atoms with Gasteiger partial charge in [-0.15, -0.1) is 0 Å². The first kappa shape index (κ1) is 14.6. The van der Waals surface area contributed by atoms with E-state index in [-0.39, 0.29) is 6.54 Å². The Morgan fingerprint density at radius 1 is 1.39 bits per heavy atom. The third-order valence-corrected chi connectivity index (χ3v) is 3.96. The lowest BCUT2D eigenvalue weighted by Crippen LogP contribution is -2.45. The van der Waals surface area contributed by atoms with Crippen molar-refractivity contribution in [3.05, 3.63) is 35.9 Å². The van der Waals surface area contributed by atoms with E-state index in [4.69, 9.17) is 5.11 Å². The number of nitrogens with zero attached hydrogens (tertiary/aromatic N) is 1. The molecule has 1 rings (SSSR count). The van der Waals surface area contributed by atoms with E-state index in [0.717, 1.165) is 9.87 Å². The molecule has 0 aromatic heterocycles. The van der Waals surface area contributed by atoms with Gasteiger partial charge in [0.1, 0.15) is 6.04 Å². The molecule has 1 unspecified atom stereocenters. The highest BCUT2D eigenvalue weighted by molar-refractivity contribution is 7.87. The molecule has 0 aliphatic carbocycles. The van der Waals surface area contributed by atoms with Crippen LogP contribution in [0.1, 0.15) is 12.5 Å². The lowest BCUT2D eigenvalue weighted by atomic mass is 10.2. The minimum atomic E-state index is -3.80. The number of carboxylic acid groups (broad SMARTS) is 1. The average Bonchev–Trinajstić information content (AvgIpc) is 2.29. The highest BCUT2D eigenvalue weighted by Gasteiger charge is 2.23. The van der Waals surface area contributed by atoms with Crippen LogP contribution in [-0.2, 0) is 21.5 Å². The zero-order chi connectivity index (χ0) is 13.8. The maximum Gasteiger partial charge on any atom is 0.321 e. The molecule has 0 saturated carbocycles. The predicted molar refractivity (Wildman–Crippen MR) is 67.1 cm³/mol. The van der Waals surface area contributed by atoms with Crippen LogP contribution < -0.4 is 4.72 Å². The van der Waals surface area contributed by atoms with Gasteiger partial charge in [0.15, 0.2) is 0 Å².